The van der Waals surface area contributed by atoms with Gasteiger partial charge >= 0.3 is 6.03 Å². The molecular formula is C19H26N6O2S. The van der Waals surface area contributed by atoms with Crippen LogP contribution in [0, 0.1) is 0 Å². The van der Waals surface area contributed by atoms with E-state index in [0.29, 0.717) is 19.5 Å². The highest BCUT2D eigenvalue weighted by Gasteiger charge is 2.28. The molecule has 0 spiro atoms. The summed E-state index contributed by atoms with van der Waals surface area (Å²) in [4.78, 5) is 13.9. The van der Waals surface area contributed by atoms with E-state index in [9.17, 15) is 9.90 Å². The Morgan fingerprint density at radius 2 is 2.18 bits per heavy atom. The Morgan fingerprint density at radius 3 is 2.96 bits per heavy atom. The average molecular weight is 403 g/mol. The molecule has 2 atom stereocenters. The third-order valence-corrected chi connectivity index (χ3v) is 5.59. The molecule has 3 rings (SSSR count). The van der Waals surface area contributed by atoms with E-state index in [1.165, 1.54) is 0 Å². The highest BCUT2D eigenvalue weighted by Crippen LogP contribution is 2.14. The van der Waals surface area contributed by atoms with Crippen LogP contribution in [0.3, 0.4) is 0 Å². The number of aliphatic hydroxyl groups is 1. The number of nitrogens with one attached hydrogen (secondary N) is 2. The number of benzene rings is 1. The quantitative estimate of drug-likeness (QED) is 0.391. The molecule has 1 fully saturated rings. The van der Waals surface area contributed by atoms with Crippen LogP contribution in [-0.2, 0) is 12.2 Å². The number of urea groups is 1. The Kier molecular flexibility index (Phi) is 7.86. The van der Waals surface area contributed by atoms with Crippen molar-refractivity contribution in [1.82, 2.24) is 30.8 Å². The van der Waals surface area contributed by atoms with Crippen molar-refractivity contribution in [3.8, 4) is 0 Å². The smallest absolute Gasteiger partial charge is 0.318 e. The van der Waals surface area contributed by atoms with E-state index in [4.69, 9.17) is 0 Å². The monoisotopic (exact) mass is 402 g/mol. The Bertz CT molecular complexity index is 740. The summed E-state index contributed by atoms with van der Waals surface area (Å²) in [5.74, 6) is 2.54. The second-order valence-electron chi connectivity index (χ2n) is 6.70. The summed E-state index contributed by atoms with van der Waals surface area (Å²) < 4.78 is 0. The van der Waals surface area contributed by atoms with Crippen LogP contribution in [0.1, 0.15) is 24.2 Å². The molecule has 0 saturated carbocycles. The zero-order chi connectivity index (χ0) is 19.6. The predicted octanol–water partition coefficient (Wildman–Crippen LogP) is 1.77. The van der Waals surface area contributed by atoms with Crippen LogP contribution in [0.2, 0.25) is 0 Å². The maximum Gasteiger partial charge on any atom is 0.318 e. The number of H-pyrrole nitrogens is 1. The average Bonchev–Trinajstić information content (AvgIpc) is 3.34. The Hall–Kier alpha value is -2.39. The number of aromatic nitrogens is 4. The highest BCUT2D eigenvalue weighted by atomic mass is 32.2. The number of unbranched alkanes of at least 4 members (excludes halogenated alkanes) is 1. The van der Waals surface area contributed by atoms with Gasteiger partial charge in [0.1, 0.15) is 0 Å². The minimum atomic E-state index is -0.554. The van der Waals surface area contributed by atoms with Gasteiger partial charge in [-0.3, -0.25) is 0 Å². The maximum absolute atomic E-state index is 12.1. The van der Waals surface area contributed by atoms with Crippen molar-refractivity contribution < 1.29 is 9.90 Å². The number of carbonyl (C=O) groups is 1. The minimum Gasteiger partial charge on any atom is -0.389 e. The van der Waals surface area contributed by atoms with Gasteiger partial charge in [0.2, 0.25) is 0 Å². The number of thioether (sulfide) groups is 1. The fourth-order valence-electron chi connectivity index (χ4n) is 3.07. The molecule has 2 aromatic rings. The Balaban J connectivity index is 1.37. The van der Waals surface area contributed by atoms with Crippen LogP contribution in [0.25, 0.3) is 0 Å². The summed E-state index contributed by atoms with van der Waals surface area (Å²) >= 11 is 1.77. The van der Waals surface area contributed by atoms with Crippen LogP contribution < -0.4 is 5.32 Å². The second-order valence-corrected chi connectivity index (χ2v) is 7.80. The van der Waals surface area contributed by atoms with Gasteiger partial charge in [-0.2, -0.15) is 11.8 Å². The van der Waals surface area contributed by atoms with Crippen LogP contribution in [0.5, 0.6) is 0 Å². The van der Waals surface area contributed by atoms with Crippen molar-refractivity contribution in [2.45, 2.75) is 37.2 Å². The van der Waals surface area contributed by atoms with Crippen LogP contribution in [0.15, 0.2) is 42.5 Å². The normalized spacial score (nSPS) is 18.0. The molecule has 0 radical (unpaired) electrons. The molecule has 0 bridgehead atoms. The summed E-state index contributed by atoms with van der Waals surface area (Å²) in [6, 6.07) is 9.85. The lowest BCUT2D eigenvalue weighted by molar-refractivity contribution is 0.207. The molecule has 1 aromatic carbocycles. The van der Waals surface area contributed by atoms with Crippen molar-refractivity contribution >= 4 is 17.8 Å². The minimum absolute atomic E-state index is 0.00848. The van der Waals surface area contributed by atoms with Gasteiger partial charge in [-0.25, -0.2) is 9.89 Å². The summed E-state index contributed by atoms with van der Waals surface area (Å²) in [6.07, 6.45) is 5.71. The van der Waals surface area contributed by atoms with Gasteiger partial charge in [0, 0.05) is 19.5 Å². The van der Waals surface area contributed by atoms with Crippen molar-refractivity contribution in [1.29, 1.82) is 0 Å². The molecule has 2 amide bonds. The first kappa shape index (κ1) is 20.3. The molecule has 1 aromatic heterocycles. The standard InChI is InChI=1S/C19H26N6O2S/c26-17(12-15-6-2-1-3-7-15)9-8-16-13-20-19(27)25(16)10-4-5-11-28-14-18-21-23-24-22-18/h1-3,6-9,16-17,26H,4-5,10-14H2,(H,20,27)(H,21,22,23,24)/t16-,17?/m0/s1. The first-order chi connectivity index (χ1) is 13.7. The number of rotatable bonds is 11. The van der Waals surface area contributed by atoms with Crippen LogP contribution >= 0.6 is 11.8 Å². The van der Waals surface area contributed by atoms with E-state index in [2.05, 4.69) is 25.9 Å². The van der Waals surface area contributed by atoms with Crippen LogP contribution in [-0.4, -0.2) is 67.6 Å². The topological polar surface area (TPSA) is 107 Å². The third-order valence-electron chi connectivity index (χ3n) is 4.53. The largest absolute Gasteiger partial charge is 0.389 e. The molecular weight excluding hydrogens is 376 g/mol. The summed E-state index contributed by atoms with van der Waals surface area (Å²) in [5.41, 5.74) is 1.09. The highest BCUT2D eigenvalue weighted by molar-refractivity contribution is 7.98. The molecule has 28 heavy (non-hydrogen) atoms. The van der Waals surface area contributed by atoms with Gasteiger partial charge in [-0.1, -0.05) is 42.5 Å². The van der Waals surface area contributed by atoms with Crippen molar-refractivity contribution in [2.75, 3.05) is 18.8 Å². The maximum atomic E-state index is 12.1. The molecule has 1 aliphatic rings. The predicted molar refractivity (Wildman–Crippen MR) is 109 cm³/mol. The van der Waals surface area contributed by atoms with Crippen LogP contribution in [0.4, 0.5) is 4.79 Å². The number of amides is 2. The number of tetrazole rings is 1. The number of aromatic amines is 1. The van der Waals surface area contributed by atoms with E-state index in [0.717, 1.165) is 35.7 Å². The number of nitrogens with zero attached hydrogens (tertiary/aromatic N) is 4. The fourth-order valence-corrected chi connectivity index (χ4v) is 3.94. The molecule has 9 heteroatoms. The molecule has 1 unspecified atom stereocenters. The number of hydrogen-bond donors (Lipinski definition) is 3. The van der Waals surface area contributed by atoms with Gasteiger partial charge < -0.3 is 15.3 Å². The number of hydrogen-bond acceptors (Lipinski definition) is 6. The molecule has 150 valence electrons. The molecule has 8 nitrogen and oxygen atoms in total. The van der Waals surface area contributed by atoms with Crippen molar-refractivity contribution in [3.05, 3.63) is 53.9 Å². The zero-order valence-corrected chi connectivity index (χ0v) is 16.5. The van der Waals surface area contributed by atoms with E-state index in [-0.39, 0.29) is 12.1 Å². The summed E-state index contributed by atoms with van der Waals surface area (Å²) in [7, 11) is 0. The van der Waals surface area contributed by atoms with Gasteiger partial charge in [-0.05, 0) is 34.6 Å². The lowest BCUT2D eigenvalue weighted by Crippen LogP contribution is -2.34. The van der Waals surface area contributed by atoms with Crippen molar-refractivity contribution in [2.24, 2.45) is 0 Å². The second kappa shape index (κ2) is 10.8. The van der Waals surface area contributed by atoms with E-state index in [1.54, 1.807) is 17.8 Å². The molecule has 2 heterocycles. The fraction of sp³-hybridized carbons (Fsp3) is 0.474. The lowest BCUT2D eigenvalue weighted by atomic mass is 10.1. The SMILES string of the molecule is O=C1NC[C@H](C=CC(O)Cc2ccccc2)N1CCCCSCc1nnn[nH]1. The van der Waals surface area contributed by atoms with Gasteiger partial charge in [-0.15, -0.1) is 5.10 Å². The number of carbonyl (C=O) groups excluding carboxylic acids is 1. The summed E-state index contributed by atoms with van der Waals surface area (Å²) in [5, 5.41) is 26.8. The third kappa shape index (κ3) is 6.35. The van der Waals surface area contributed by atoms with E-state index in [1.807, 2.05) is 41.3 Å². The van der Waals surface area contributed by atoms with Gasteiger partial charge in [0.05, 0.1) is 17.9 Å². The van der Waals surface area contributed by atoms with E-state index >= 15 is 0 Å². The lowest BCUT2D eigenvalue weighted by Gasteiger charge is -2.20. The Labute approximate surface area is 168 Å². The molecule has 0 aliphatic carbocycles. The van der Waals surface area contributed by atoms with E-state index < -0.39 is 6.10 Å². The first-order valence-electron chi connectivity index (χ1n) is 9.47. The van der Waals surface area contributed by atoms with Gasteiger partial charge in [0.15, 0.2) is 5.82 Å². The molecule has 1 saturated heterocycles. The van der Waals surface area contributed by atoms with Crippen molar-refractivity contribution in [3.63, 3.8) is 0 Å². The zero-order valence-electron chi connectivity index (χ0n) is 15.7. The number of aliphatic hydroxyl groups excluding tert-OH is 1. The summed E-state index contributed by atoms with van der Waals surface area (Å²) in [6.45, 7) is 1.29. The first-order valence-corrected chi connectivity index (χ1v) is 10.6. The molecule has 1 aliphatic heterocycles. The molecule has 3 N–H and O–H groups in total. The van der Waals surface area contributed by atoms with Gasteiger partial charge in [0.25, 0.3) is 0 Å². The Morgan fingerprint density at radius 1 is 1.32 bits per heavy atom.